The molecule has 1 N–H and O–H groups in total. The maximum absolute atomic E-state index is 12.9. The molecule has 4 rings (SSSR count). The minimum absolute atomic E-state index is 0.0785. The molecule has 1 unspecified atom stereocenters. The van der Waals surface area contributed by atoms with Crippen molar-refractivity contribution < 1.29 is 9.90 Å². The summed E-state index contributed by atoms with van der Waals surface area (Å²) in [6.45, 7) is 2.70. The average molecular weight is 345 g/mol. The number of hydrogen-bond donors (Lipinski definition) is 1. The number of rotatable bonds is 3. The van der Waals surface area contributed by atoms with Crippen molar-refractivity contribution in [1.82, 2.24) is 0 Å². The van der Waals surface area contributed by atoms with Crippen molar-refractivity contribution >= 4 is 35.0 Å². The molecule has 0 saturated heterocycles. The zero-order chi connectivity index (χ0) is 16.8. The number of nitrogens with zero attached hydrogens (tertiary/aromatic N) is 2. The summed E-state index contributed by atoms with van der Waals surface area (Å²) in [4.78, 5) is 19.0. The van der Waals surface area contributed by atoms with Gasteiger partial charge >= 0.3 is 0 Å². The Kier molecular flexibility index (Phi) is 3.87. The molecule has 24 heavy (non-hydrogen) atoms. The van der Waals surface area contributed by atoms with Gasteiger partial charge in [0, 0.05) is 17.5 Å². The fourth-order valence-corrected chi connectivity index (χ4v) is 4.34. The van der Waals surface area contributed by atoms with E-state index in [1.54, 1.807) is 6.34 Å². The predicted octanol–water partition coefficient (Wildman–Crippen LogP) is 3.93. The van der Waals surface area contributed by atoms with Gasteiger partial charge in [0.15, 0.2) is 5.78 Å². The molecule has 2 aliphatic carbocycles. The van der Waals surface area contributed by atoms with Gasteiger partial charge in [0.2, 0.25) is 0 Å². The highest BCUT2D eigenvalue weighted by molar-refractivity contribution is 6.24. The summed E-state index contributed by atoms with van der Waals surface area (Å²) in [6, 6.07) is 6.08. The number of halogens is 1. The Hall–Kier alpha value is -1.81. The molecule has 0 amide bonds. The van der Waals surface area contributed by atoms with Gasteiger partial charge in [-0.25, -0.2) is 0 Å². The SMILES string of the molecule is CCc1ccc(N2C=NC(Cl)C2)cc1C1=C(O)[C@H]2CC[C@H](C2)C1=O. The summed E-state index contributed by atoms with van der Waals surface area (Å²) in [6.07, 6.45) is 5.18. The van der Waals surface area contributed by atoms with Crippen LogP contribution in [0.2, 0.25) is 0 Å². The summed E-state index contributed by atoms with van der Waals surface area (Å²) in [5.74, 6) is 0.635. The van der Waals surface area contributed by atoms with Gasteiger partial charge in [0.1, 0.15) is 11.3 Å². The number of carbonyl (C=O) groups is 1. The molecule has 1 saturated carbocycles. The normalized spacial score (nSPS) is 29.0. The molecule has 0 aromatic heterocycles. The van der Waals surface area contributed by atoms with Crippen molar-refractivity contribution in [3.05, 3.63) is 35.1 Å². The van der Waals surface area contributed by atoms with E-state index in [1.165, 1.54) is 0 Å². The summed E-state index contributed by atoms with van der Waals surface area (Å²) in [7, 11) is 0. The van der Waals surface area contributed by atoms with E-state index in [-0.39, 0.29) is 23.1 Å². The van der Waals surface area contributed by atoms with Crippen LogP contribution in [0.4, 0.5) is 5.69 Å². The third-order valence-electron chi connectivity index (χ3n) is 5.48. The maximum Gasteiger partial charge on any atom is 0.169 e. The number of alkyl halides is 1. The Morgan fingerprint density at radius 1 is 1.33 bits per heavy atom. The molecule has 0 spiro atoms. The van der Waals surface area contributed by atoms with E-state index >= 15 is 0 Å². The standard InChI is InChI=1S/C19H21ClN2O2/c1-2-11-5-6-14(22-9-16(20)21-10-22)8-15(11)17-18(23)12-3-4-13(7-12)19(17)24/h5-6,8,10,12-13,16,23H,2-4,7,9H2,1H3/t12-,13+,16?/m0/s1. The quantitative estimate of drug-likeness (QED) is 0.667. The van der Waals surface area contributed by atoms with Crippen molar-refractivity contribution in [3.8, 4) is 0 Å². The highest BCUT2D eigenvalue weighted by Gasteiger charge is 2.41. The lowest BCUT2D eigenvalue weighted by atomic mass is 9.81. The van der Waals surface area contributed by atoms with Gasteiger partial charge in [-0.05, 0) is 48.9 Å². The van der Waals surface area contributed by atoms with Gasteiger partial charge in [-0.2, -0.15) is 0 Å². The third-order valence-corrected chi connectivity index (χ3v) is 5.73. The predicted molar refractivity (Wildman–Crippen MR) is 96.7 cm³/mol. The first-order valence-electron chi connectivity index (χ1n) is 8.63. The van der Waals surface area contributed by atoms with Crippen LogP contribution in [0.5, 0.6) is 0 Å². The molecule has 1 aliphatic heterocycles. The molecular formula is C19H21ClN2O2. The fourth-order valence-electron chi connectivity index (χ4n) is 4.14. The molecule has 2 bridgehead atoms. The second kappa shape index (κ2) is 5.92. The topological polar surface area (TPSA) is 52.9 Å². The van der Waals surface area contributed by atoms with Crippen LogP contribution in [0.3, 0.4) is 0 Å². The van der Waals surface area contributed by atoms with E-state index in [1.807, 2.05) is 23.1 Å². The first-order valence-corrected chi connectivity index (χ1v) is 9.06. The van der Waals surface area contributed by atoms with Crippen molar-refractivity contribution in [3.63, 3.8) is 0 Å². The summed E-state index contributed by atoms with van der Waals surface area (Å²) < 4.78 is 0. The highest BCUT2D eigenvalue weighted by Crippen LogP contribution is 2.46. The molecule has 126 valence electrons. The second-order valence-electron chi connectivity index (χ2n) is 6.88. The van der Waals surface area contributed by atoms with Gasteiger partial charge in [-0.3, -0.25) is 9.79 Å². The molecule has 0 radical (unpaired) electrons. The number of Topliss-reactive ketones (excluding diaryl/α,β-unsaturated/α-hetero) is 1. The molecule has 3 aliphatic rings. The lowest BCUT2D eigenvalue weighted by Crippen LogP contribution is -2.23. The number of allylic oxidation sites excluding steroid dienone is 2. The van der Waals surface area contributed by atoms with Crippen LogP contribution in [0, 0.1) is 11.8 Å². The fraction of sp³-hybridized carbons (Fsp3) is 0.474. The first kappa shape index (κ1) is 15.7. The van der Waals surface area contributed by atoms with Gasteiger partial charge < -0.3 is 10.0 Å². The number of carbonyl (C=O) groups excluding carboxylic acids is 1. The summed E-state index contributed by atoms with van der Waals surface area (Å²) >= 11 is 6.05. The second-order valence-corrected chi connectivity index (χ2v) is 7.38. The van der Waals surface area contributed by atoms with Crippen molar-refractivity contribution in [2.24, 2.45) is 16.8 Å². The van der Waals surface area contributed by atoms with Crippen LogP contribution >= 0.6 is 11.6 Å². The van der Waals surface area contributed by atoms with Crippen LogP contribution in [0.25, 0.3) is 5.57 Å². The number of anilines is 1. The Morgan fingerprint density at radius 3 is 2.83 bits per heavy atom. The zero-order valence-electron chi connectivity index (χ0n) is 13.7. The Labute approximate surface area is 146 Å². The van der Waals surface area contributed by atoms with Gasteiger partial charge in [0.25, 0.3) is 0 Å². The molecule has 3 atom stereocenters. The molecule has 1 aromatic carbocycles. The molecule has 5 heteroatoms. The lowest BCUT2D eigenvalue weighted by Gasteiger charge is -2.24. The number of benzene rings is 1. The number of aryl methyl sites for hydroxylation is 1. The van der Waals surface area contributed by atoms with Crippen LogP contribution < -0.4 is 4.90 Å². The van der Waals surface area contributed by atoms with E-state index in [2.05, 4.69) is 11.9 Å². The number of aliphatic hydroxyl groups is 1. The molecule has 4 nitrogen and oxygen atoms in total. The smallest absolute Gasteiger partial charge is 0.169 e. The first-order chi connectivity index (χ1) is 11.6. The van der Waals surface area contributed by atoms with Gasteiger partial charge in [-0.15, -0.1) is 0 Å². The lowest BCUT2D eigenvalue weighted by molar-refractivity contribution is -0.117. The monoisotopic (exact) mass is 344 g/mol. The largest absolute Gasteiger partial charge is 0.511 e. The molecule has 1 aromatic rings. The van der Waals surface area contributed by atoms with E-state index in [0.29, 0.717) is 17.9 Å². The van der Waals surface area contributed by atoms with E-state index in [0.717, 1.165) is 42.5 Å². The maximum atomic E-state index is 12.9. The molecular weight excluding hydrogens is 324 g/mol. The average Bonchev–Trinajstić information content (AvgIpc) is 3.21. The number of hydrogen-bond acceptors (Lipinski definition) is 4. The van der Waals surface area contributed by atoms with Crippen LogP contribution in [0.1, 0.15) is 37.3 Å². The minimum Gasteiger partial charge on any atom is -0.511 e. The van der Waals surface area contributed by atoms with Crippen molar-refractivity contribution in [2.45, 2.75) is 38.1 Å². The third kappa shape index (κ3) is 2.44. The van der Waals surface area contributed by atoms with Crippen molar-refractivity contribution in [2.75, 3.05) is 11.4 Å². The van der Waals surface area contributed by atoms with Crippen molar-refractivity contribution in [1.29, 1.82) is 0 Å². The van der Waals surface area contributed by atoms with E-state index in [4.69, 9.17) is 11.6 Å². The Morgan fingerprint density at radius 2 is 2.12 bits per heavy atom. The van der Waals surface area contributed by atoms with Gasteiger partial charge in [0.05, 0.1) is 18.5 Å². The number of aliphatic imine (C=N–C) groups is 1. The summed E-state index contributed by atoms with van der Waals surface area (Å²) in [5, 5.41) is 10.7. The Bertz CT molecular complexity index is 756. The van der Waals surface area contributed by atoms with E-state index in [9.17, 15) is 9.90 Å². The minimum atomic E-state index is -0.237. The molecule has 1 fully saturated rings. The van der Waals surface area contributed by atoms with Gasteiger partial charge in [-0.1, -0.05) is 24.6 Å². The number of fused-ring (bicyclic) bond motifs is 2. The van der Waals surface area contributed by atoms with Crippen LogP contribution in [-0.4, -0.2) is 29.3 Å². The molecule has 1 heterocycles. The van der Waals surface area contributed by atoms with E-state index < -0.39 is 0 Å². The van der Waals surface area contributed by atoms with Crippen LogP contribution in [-0.2, 0) is 11.2 Å². The highest BCUT2D eigenvalue weighted by atomic mass is 35.5. The van der Waals surface area contributed by atoms with Crippen LogP contribution in [0.15, 0.2) is 29.0 Å². The number of ketones is 1. The summed E-state index contributed by atoms with van der Waals surface area (Å²) in [5.41, 5.74) is 3.24. The zero-order valence-corrected chi connectivity index (χ0v) is 14.5. The number of aliphatic hydroxyl groups excluding tert-OH is 1. The Balaban J connectivity index is 1.80.